The van der Waals surface area contributed by atoms with E-state index in [-0.39, 0.29) is 0 Å². The Labute approximate surface area is 183 Å². The van der Waals surface area contributed by atoms with Crippen molar-refractivity contribution in [1.29, 1.82) is 0 Å². The van der Waals surface area contributed by atoms with Gasteiger partial charge in [0.2, 0.25) is 0 Å². The van der Waals surface area contributed by atoms with Crippen LogP contribution in [0.15, 0.2) is 12.2 Å². The molecule has 176 valence electrons. The van der Waals surface area contributed by atoms with E-state index in [0.29, 0.717) is 6.42 Å². The maximum Gasteiger partial charge on any atom is 0.330 e. The average molecular weight is 429 g/mol. The lowest BCUT2D eigenvalue weighted by Gasteiger charge is -2.03. The molecular weight excluding hydrogens is 384 g/mol. The Balaban J connectivity index is 0. The van der Waals surface area contributed by atoms with Crippen LogP contribution in [0, 0.1) is 0 Å². The van der Waals surface area contributed by atoms with Gasteiger partial charge in [-0.2, -0.15) is 0 Å². The van der Waals surface area contributed by atoms with E-state index in [9.17, 15) is 14.4 Å². The van der Waals surface area contributed by atoms with Crippen molar-refractivity contribution >= 4 is 17.9 Å². The number of carbonyl (C=O) groups excluding carboxylic acids is 2. The number of methoxy groups -OCH3 is 2. The van der Waals surface area contributed by atoms with Gasteiger partial charge in [-0.15, -0.1) is 0 Å². The van der Waals surface area contributed by atoms with E-state index in [0.717, 1.165) is 25.0 Å². The number of hydrogen-bond acceptors (Lipinski definition) is 5. The molecule has 1 N–H and O–H groups in total. The average Bonchev–Trinajstić information content (AvgIpc) is 2.74. The fourth-order valence-corrected chi connectivity index (χ4v) is 2.92. The molecular formula is C24H44O6. The van der Waals surface area contributed by atoms with Crippen LogP contribution in [-0.4, -0.2) is 37.2 Å². The normalized spacial score (nSPS) is 10.4. The number of esters is 2. The molecule has 0 rings (SSSR count). The number of aliphatic carboxylic acids is 1. The minimum absolute atomic E-state index is 0.345. The number of rotatable bonds is 18. The minimum atomic E-state index is -0.653. The molecule has 0 spiro atoms. The van der Waals surface area contributed by atoms with E-state index in [1.165, 1.54) is 97.7 Å². The number of carboxylic acid groups (broad SMARTS) is 1. The molecule has 0 unspecified atom stereocenters. The van der Waals surface area contributed by atoms with Gasteiger partial charge in [0.15, 0.2) is 0 Å². The summed E-state index contributed by atoms with van der Waals surface area (Å²) in [6.07, 6.45) is 22.2. The second-order valence-corrected chi connectivity index (χ2v) is 7.47. The number of unbranched alkanes of at least 4 members (excludes halogenated alkanes) is 14. The third-order valence-corrected chi connectivity index (χ3v) is 4.75. The molecule has 0 saturated heterocycles. The monoisotopic (exact) mass is 428 g/mol. The molecule has 0 aromatic carbocycles. The molecule has 0 aliphatic rings. The molecule has 0 aromatic rings. The van der Waals surface area contributed by atoms with Crippen molar-refractivity contribution in [2.24, 2.45) is 0 Å². The van der Waals surface area contributed by atoms with Gasteiger partial charge in [0.1, 0.15) is 0 Å². The van der Waals surface area contributed by atoms with Crippen molar-refractivity contribution in [3.05, 3.63) is 12.2 Å². The minimum Gasteiger partial charge on any atom is -0.481 e. The lowest BCUT2D eigenvalue weighted by molar-refractivity contribution is -0.137. The van der Waals surface area contributed by atoms with Crippen molar-refractivity contribution in [2.75, 3.05) is 14.2 Å². The first-order valence-corrected chi connectivity index (χ1v) is 11.5. The summed E-state index contributed by atoms with van der Waals surface area (Å²) >= 11 is 0. The molecule has 0 fully saturated rings. The van der Waals surface area contributed by atoms with Crippen LogP contribution < -0.4 is 0 Å². The Kier molecular flexibility index (Phi) is 25.5. The highest BCUT2D eigenvalue weighted by atomic mass is 16.5. The van der Waals surface area contributed by atoms with Crippen molar-refractivity contribution in [3.63, 3.8) is 0 Å². The molecule has 0 saturated carbocycles. The van der Waals surface area contributed by atoms with Gasteiger partial charge in [-0.1, -0.05) is 96.8 Å². The molecule has 0 atom stereocenters. The van der Waals surface area contributed by atoms with Crippen LogP contribution in [0.1, 0.15) is 110 Å². The van der Waals surface area contributed by atoms with Crippen LogP contribution in [-0.2, 0) is 23.9 Å². The van der Waals surface area contributed by atoms with Gasteiger partial charge in [0.05, 0.1) is 14.2 Å². The van der Waals surface area contributed by atoms with Crippen molar-refractivity contribution in [1.82, 2.24) is 0 Å². The van der Waals surface area contributed by atoms with Gasteiger partial charge in [-0.25, -0.2) is 9.59 Å². The molecule has 6 nitrogen and oxygen atoms in total. The predicted octanol–water partition coefficient (Wildman–Crippen LogP) is 6.22. The largest absolute Gasteiger partial charge is 0.481 e. The van der Waals surface area contributed by atoms with E-state index in [4.69, 9.17) is 5.11 Å². The number of carbonyl (C=O) groups is 3. The lowest BCUT2D eigenvalue weighted by Crippen LogP contribution is -1.98. The molecule has 0 amide bonds. The van der Waals surface area contributed by atoms with Crippen LogP contribution in [0.2, 0.25) is 0 Å². The second kappa shape index (κ2) is 25.2. The van der Waals surface area contributed by atoms with Crippen LogP contribution in [0.4, 0.5) is 0 Å². The lowest BCUT2D eigenvalue weighted by atomic mass is 10.0. The predicted molar refractivity (Wildman–Crippen MR) is 120 cm³/mol. The first kappa shape index (κ1) is 30.3. The number of carboxylic acids is 1. The number of hydrogen-bond donors (Lipinski definition) is 1. The Bertz CT molecular complexity index is 427. The summed E-state index contributed by atoms with van der Waals surface area (Å²) in [4.78, 5) is 31.0. The van der Waals surface area contributed by atoms with Crippen LogP contribution >= 0.6 is 0 Å². The highest BCUT2D eigenvalue weighted by Gasteiger charge is 1.97. The fraction of sp³-hybridized carbons (Fsp3) is 0.792. The fourth-order valence-electron chi connectivity index (χ4n) is 2.92. The van der Waals surface area contributed by atoms with Gasteiger partial charge in [0.25, 0.3) is 0 Å². The summed E-state index contributed by atoms with van der Waals surface area (Å²) < 4.78 is 8.42. The Morgan fingerprint density at radius 3 is 1.17 bits per heavy atom. The molecule has 30 heavy (non-hydrogen) atoms. The summed E-state index contributed by atoms with van der Waals surface area (Å²) in [6.45, 7) is 2.27. The van der Waals surface area contributed by atoms with Crippen molar-refractivity contribution in [3.8, 4) is 0 Å². The standard InChI is InChI=1S/C18H36O2.C6H8O4/c1-2-3-4-5-6-7-8-9-10-11-12-13-14-15-16-17-18(19)20;1-9-5(7)3-4-6(8)10-2/h2-17H2,1H3,(H,19,20);3-4H,1-2H3/b;4-3+. The second-order valence-electron chi connectivity index (χ2n) is 7.47. The van der Waals surface area contributed by atoms with Gasteiger partial charge in [0, 0.05) is 18.6 Å². The highest BCUT2D eigenvalue weighted by molar-refractivity contribution is 5.91. The van der Waals surface area contributed by atoms with E-state index < -0.39 is 17.9 Å². The first-order valence-electron chi connectivity index (χ1n) is 11.5. The van der Waals surface area contributed by atoms with Crippen LogP contribution in [0.3, 0.4) is 0 Å². The summed E-state index contributed by atoms with van der Waals surface area (Å²) in [5, 5.41) is 8.52. The van der Waals surface area contributed by atoms with E-state index in [2.05, 4.69) is 16.4 Å². The summed E-state index contributed by atoms with van der Waals surface area (Å²) in [5.74, 6) is -1.81. The van der Waals surface area contributed by atoms with Gasteiger partial charge in [-0.05, 0) is 6.42 Å². The van der Waals surface area contributed by atoms with Gasteiger partial charge in [-0.3, -0.25) is 4.79 Å². The van der Waals surface area contributed by atoms with Crippen LogP contribution in [0.25, 0.3) is 0 Å². The highest BCUT2D eigenvalue weighted by Crippen LogP contribution is 2.13. The maximum atomic E-state index is 10.3. The first-order chi connectivity index (χ1) is 14.5. The summed E-state index contributed by atoms with van der Waals surface area (Å²) in [6, 6.07) is 0. The SMILES string of the molecule is CCCCCCCCCCCCCCCCCC(=O)O.COC(=O)/C=C/C(=O)OC. The summed E-state index contributed by atoms with van der Waals surface area (Å²) in [7, 11) is 2.45. The molecule has 0 bridgehead atoms. The molecule has 0 aromatic heterocycles. The van der Waals surface area contributed by atoms with E-state index in [1.807, 2.05) is 0 Å². The smallest absolute Gasteiger partial charge is 0.330 e. The van der Waals surface area contributed by atoms with E-state index >= 15 is 0 Å². The van der Waals surface area contributed by atoms with Gasteiger partial charge >= 0.3 is 17.9 Å². The van der Waals surface area contributed by atoms with Crippen molar-refractivity contribution in [2.45, 2.75) is 110 Å². The zero-order valence-corrected chi connectivity index (χ0v) is 19.5. The quantitative estimate of drug-likeness (QED) is 0.158. The molecule has 0 aliphatic carbocycles. The zero-order valence-electron chi connectivity index (χ0n) is 19.5. The molecule has 0 radical (unpaired) electrons. The molecule has 0 aliphatic heterocycles. The topological polar surface area (TPSA) is 89.9 Å². The zero-order chi connectivity index (χ0) is 22.9. The maximum absolute atomic E-state index is 10.3. The Hall–Kier alpha value is -1.85. The third-order valence-electron chi connectivity index (χ3n) is 4.75. The van der Waals surface area contributed by atoms with Crippen LogP contribution in [0.5, 0.6) is 0 Å². The Morgan fingerprint density at radius 1 is 0.600 bits per heavy atom. The van der Waals surface area contributed by atoms with Gasteiger partial charge < -0.3 is 14.6 Å². The molecule has 6 heteroatoms. The molecule has 0 heterocycles. The Morgan fingerprint density at radius 2 is 0.900 bits per heavy atom. The third kappa shape index (κ3) is 28.4. The summed E-state index contributed by atoms with van der Waals surface area (Å²) in [5.41, 5.74) is 0. The van der Waals surface area contributed by atoms with Crippen molar-refractivity contribution < 1.29 is 29.0 Å². The number of ether oxygens (including phenoxy) is 2. The van der Waals surface area contributed by atoms with E-state index in [1.54, 1.807) is 0 Å².